The number of aryl methyl sites for hydroxylation is 1. The van der Waals surface area contributed by atoms with Crippen LogP contribution in [0.4, 0.5) is 5.69 Å². The van der Waals surface area contributed by atoms with Gasteiger partial charge in [0.1, 0.15) is 0 Å². The van der Waals surface area contributed by atoms with Gasteiger partial charge in [-0.15, -0.1) is 0 Å². The summed E-state index contributed by atoms with van der Waals surface area (Å²) in [4.78, 5) is 4.36. The first kappa shape index (κ1) is 9.00. The second-order valence-corrected chi connectivity index (χ2v) is 3.33. The first-order valence-corrected chi connectivity index (χ1v) is 4.91. The van der Waals surface area contributed by atoms with Crippen molar-refractivity contribution in [2.24, 2.45) is 0 Å². The molecule has 1 aromatic carbocycles. The van der Waals surface area contributed by atoms with Gasteiger partial charge in [-0.05, 0) is 13.8 Å². The van der Waals surface area contributed by atoms with Crippen molar-refractivity contribution in [2.45, 2.75) is 13.8 Å². The monoisotopic (exact) mass is 186 g/mol. The van der Waals surface area contributed by atoms with Gasteiger partial charge < -0.3 is 5.32 Å². The molecule has 0 amide bonds. The second-order valence-electron chi connectivity index (χ2n) is 3.33. The summed E-state index contributed by atoms with van der Waals surface area (Å²) in [5.41, 5.74) is 2.20. The Morgan fingerprint density at radius 2 is 1.93 bits per heavy atom. The van der Waals surface area contributed by atoms with Crippen molar-refractivity contribution in [3.05, 3.63) is 36.2 Å². The lowest BCUT2D eigenvalue weighted by atomic mass is 10.1. The van der Waals surface area contributed by atoms with Crippen LogP contribution in [0.25, 0.3) is 10.8 Å². The topological polar surface area (TPSA) is 24.9 Å². The molecule has 0 aliphatic carbocycles. The predicted molar refractivity (Wildman–Crippen MR) is 60.6 cm³/mol. The number of hydrogen-bond donors (Lipinski definition) is 1. The lowest BCUT2D eigenvalue weighted by molar-refractivity contribution is 1.18. The molecule has 0 aliphatic rings. The number of hydrogen-bond acceptors (Lipinski definition) is 2. The number of nitrogens with zero attached hydrogens (tertiary/aromatic N) is 1. The molecule has 0 radical (unpaired) electrons. The van der Waals surface area contributed by atoms with E-state index in [1.807, 2.05) is 19.2 Å². The van der Waals surface area contributed by atoms with Crippen molar-refractivity contribution >= 4 is 16.5 Å². The summed E-state index contributed by atoms with van der Waals surface area (Å²) >= 11 is 0. The summed E-state index contributed by atoms with van der Waals surface area (Å²) in [5, 5.41) is 5.79. The third-order valence-electron chi connectivity index (χ3n) is 2.36. The van der Waals surface area contributed by atoms with Gasteiger partial charge in [0.15, 0.2) is 0 Å². The molecule has 1 N–H and O–H groups in total. The van der Waals surface area contributed by atoms with Crippen LogP contribution >= 0.6 is 0 Å². The van der Waals surface area contributed by atoms with Gasteiger partial charge in [0.05, 0.1) is 11.9 Å². The maximum Gasteiger partial charge on any atom is 0.0606 e. The largest absolute Gasteiger partial charge is 0.384 e. The molecule has 1 aromatic heterocycles. The molecule has 72 valence electrons. The van der Waals surface area contributed by atoms with Crippen molar-refractivity contribution in [3.8, 4) is 0 Å². The predicted octanol–water partition coefficient (Wildman–Crippen LogP) is 2.98. The fraction of sp³-hybridized carbons (Fsp3) is 0.250. The van der Waals surface area contributed by atoms with Crippen molar-refractivity contribution in [1.82, 2.24) is 4.98 Å². The molecular formula is C12H14N2. The van der Waals surface area contributed by atoms with E-state index in [-0.39, 0.29) is 0 Å². The molecule has 0 atom stereocenters. The van der Waals surface area contributed by atoms with Gasteiger partial charge in [-0.1, -0.05) is 24.3 Å². The zero-order valence-corrected chi connectivity index (χ0v) is 8.54. The van der Waals surface area contributed by atoms with E-state index in [0.717, 1.165) is 17.9 Å². The Balaban J connectivity index is 2.68. The Kier molecular flexibility index (Phi) is 2.35. The van der Waals surface area contributed by atoms with E-state index in [2.05, 4.69) is 35.4 Å². The average molecular weight is 186 g/mol. The molecule has 0 saturated heterocycles. The summed E-state index contributed by atoms with van der Waals surface area (Å²) in [5.74, 6) is 0. The molecule has 2 heteroatoms. The molecule has 0 bridgehead atoms. The van der Waals surface area contributed by atoms with Crippen LogP contribution in [0.15, 0.2) is 30.5 Å². The van der Waals surface area contributed by atoms with E-state index in [1.165, 1.54) is 10.8 Å². The van der Waals surface area contributed by atoms with Crippen LogP contribution in [-0.4, -0.2) is 11.5 Å². The lowest BCUT2D eigenvalue weighted by Gasteiger charge is -2.08. The quantitative estimate of drug-likeness (QED) is 0.780. The number of benzene rings is 1. The van der Waals surface area contributed by atoms with Crippen LogP contribution < -0.4 is 5.32 Å². The van der Waals surface area contributed by atoms with E-state index < -0.39 is 0 Å². The lowest BCUT2D eigenvalue weighted by Crippen LogP contribution is -1.98. The Bertz CT molecular complexity index is 449. The summed E-state index contributed by atoms with van der Waals surface area (Å²) in [6.45, 7) is 5.06. The Morgan fingerprint density at radius 3 is 2.64 bits per heavy atom. The first-order valence-electron chi connectivity index (χ1n) is 4.91. The summed E-state index contributed by atoms with van der Waals surface area (Å²) < 4.78 is 0. The maximum atomic E-state index is 4.36. The van der Waals surface area contributed by atoms with Crippen molar-refractivity contribution in [1.29, 1.82) is 0 Å². The van der Waals surface area contributed by atoms with Crippen LogP contribution in [0.1, 0.15) is 12.6 Å². The van der Waals surface area contributed by atoms with Gasteiger partial charge in [-0.3, -0.25) is 4.98 Å². The highest BCUT2D eigenvalue weighted by atomic mass is 14.9. The number of anilines is 1. The van der Waals surface area contributed by atoms with Crippen LogP contribution in [-0.2, 0) is 0 Å². The Hall–Kier alpha value is -1.57. The standard InChI is InChI=1S/C12H14N2/c1-3-13-12-8-14-9(2)10-6-4-5-7-11(10)12/h4-8,13H,3H2,1-2H3. The molecular weight excluding hydrogens is 172 g/mol. The molecule has 2 aromatic rings. The number of pyridine rings is 1. The summed E-state index contributed by atoms with van der Waals surface area (Å²) in [6.07, 6.45) is 1.90. The smallest absolute Gasteiger partial charge is 0.0606 e. The van der Waals surface area contributed by atoms with Gasteiger partial charge in [0, 0.05) is 23.0 Å². The van der Waals surface area contributed by atoms with Gasteiger partial charge >= 0.3 is 0 Å². The molecule has 0 spiro atoms. The van der Waals surface area contributed by atoms with Gasteiger partial charge in [0.2, 0.25) is 0 Å². The average Bonchev–Trinajstić information content (AvgIpc) is 2.23. The molecule has 2 nitrogen and oxygen atoms in total. The molecule has 0 unspecified atom stereocenters. The van der Waals surface area contributed by atoms with E-state index in [1.54, 1.807) is 0 Å². The van der Waals surface area contributed by atoms with Gasteiger partial charge in [0.25, 0.3) is 0 Å². The summed E-state index contributed by atoms with van der Waals surface area (Å²) in [7, 11) is 0. The van der Waals surface area contributed by atoms with Crippen LogP contribution in [0, 0.1) is 6.92 Å². The van der Waals surface area contributed by atoms with Crippen molar-refractivity contribution < 1.29 is 0 Å². The molecule has 1 heterocycles. The fourth-order valence-corrected chi connectivity index (χ4v) is 1.67. The maximum absolute atomic E-state index is 4.36. The molecule has 0 fully saturated rings. The fourth-order valence-electron chi connectivity index (χ4n) is 1.67. The minimum absolute atomic E-state index is 0.925. The van der Waals surface area contributed by atoms with Crippen LogP contribution in [0.2, 0.25) is 0 Å². The molecule has 0 aliphatic heterocycles. The number of rotatable bonds is 2. The van der Waals surface area contributed by atoms with E-state index in [4.69, 9.17) is 0 Å². The van der Waals surface area contributed by atoms with E-state index >= 15 is 0 Å². The second kappa shape index (κ2) is 3.66. The van der Waals surface area contributed by atoms with Gasteiger partial charge in [-0.25, -0.2) is 0 Å². The SMILES string of the molecule is CCNc1cnc(C)c2ccccc12. The zero-order chi connectivity index (χ0) is 9.97. The van der Waals surface area contributed by atoms with Crippen LogP contribution in [0.5, 0.6) is 0 Å². The Labute approximate surface area is 84.0 Å². The third-order valence-corrected chi connectivity index (χ3v) is 2.36. The molecule has 14 heavy (non-hydrogen) atoms. The number of fused-ring (bicyclic) bond motifs is 1. The van der Waals surface area contributed by atoms with Crippen LogP contribution in [0.3, 0.4) is 0 Å². The normalized spacial score (nSPS) is 10.4. The minimum atomic E-state index is 0.925. The highest BCUT2D eigenvalue weighted by Gasteiger charge is 2.02. The minimum Gasteiger partial charge on any atom is -0.384 e. The van der Waals surface area contributed by atoms with E-state index in [0.29, 0.717) is 0 Å². The Morgan fingerprint density at radius 1 is 1.21 bits per heavy atom. The molecule has 0 saturated carbocycles. The van der Waals surface area contributed by atoms with Crippen molar-refractivity contribution in [3.63, 3.8) is 0 Å². The zero-order valence-electron chi connectivity index (χ0n) is 8.54. The first-order chi connectivity index (χ1) is 6.83. The highest BCUT2D eigenvalue weighted by molar-refractivity contribution is 5.94. The van der Waals surface area contributed by atoms with E-state index in [9.17, 15) is 0 Å². The number of nitrogens with one attached hydrogen (secondary N) is 1. The summed E-state index contributed by atoms with van der Waals surface area (Å²) in [6, 6.07) is 8.34. The van der Waals surface area contributed by atoms with Gasteiger partial charge in [-0.2, -0.15) is 0 Å². The number of aromatic nitrogens is 1. The van der Waals surface area contributed by atoms with Crippen molar-refractivity contribution in [2.75, 3.05) is 11.9 Å². The third kappa shape index (κ3) is 1.43. The highest BCUT2D eigenvalue weighted by Crippen LogP contribution is 2.23. The molecule has 2 rings (SSSR count).